The van der Waals surface area contributed by atoms with Gasteiger partial charge in [0.1, 0.15) is 10.7 Å². The minimum Gasteiger partial charge on any atom is -0.327 e. The molecule has 0 aliphatic heterocycles. The van der Waals surface area contributed by atoms with Gasteiger partial charge >= 0.3 is 6.18 Å². The number of sulfonamides is 1. The molecule has 0 fully saturated rings. The number of halogens is 5. The number of nitrogens with zero attached hydrogens (tertiary/aromatic N) is 1. The lowest BCUT2D eigenvalue weighted by atomic mass is 10.0. The lowest BCUT2D eigenvalue weighted by molar-refractivity contribution is -0.137. The van der Waals surface area contributed by atoms with Crippen LogP contribution < -0.4 is 5.73 Å². The van der Waals surface area contributed by atoms with Crippen molar-refractivity contribution < 1.29 is 26.0 Å². The van der Waals surface area contributed by atoms with Crippen LogP contribution in [0, 0.1) is 11.7 Å². The molecule has 0 saturated heterocycles. The van der Waals surface area contributed by atoms with E-state index in [-0.39, 0.29) is 30.9 Å². The average Bonchev–Trinajstić information content (AvgIpc) is 2.42. The van der Waals surface area contributed by atoms with Gasteiger partial charge in [-0.15, -0.1) is 12.4 Å². The standard InChI is InChI=1S/C14H20F4N2O2S.ClH/c1-9(2)12(19)6-7-20(3)23(21,22)13-8-10(14(16,17)18)4-5-11(13)15;/h4-5,8-9,12H,6-7,19H2,1-3H3;1H. The van der Waals surface area contributed by atoms with Crippen LogP contribution >= 0.6 is 12.4 Å². The van der Waals surface area contributed by atoms with Crippen LogP contribution in [0.3, 0.4) is 0 Å². The normalized spacial score (nSPS) is 13.9. The average molecular weight is 393 g/mol. The van der Waals surface area contributed by atoms with E-state index in [1.807, 2.05) is 13.8 Å². The summed E-state index contributed by atoms with van der Waals surface area (Å²) < 4.78 is 77.2. The van der Waals surface area contributed by atoms with Gasteiger partial charge in [0.2, 0.25) is 10.0 Å². The Kier molecular flexibility index (Phi) is 8.14. The van der Waals surface area contributed by atoms with E-state index in [4.69, 9.17) is 5.73 Å². The predicted molar refractivity (Wildman–Crippen MR) is 85.9 cm³/mol. The summed E-state index contributed by atoms with van der Waals surface area (Å²) >= 11 is 0. The molecule has 1 atom stereocenters. The maximum Gasteiger partial charge on any atom is 0.416 e. The smallest absolute Gasteiger partial charge is 0.327 e. The number of benzene rings is 1. The van der Waals surface area contributed by atoms with E-state index in [2.05, 4.69) is 0 Å². The molecule has 0 aromatic heterocycles. The molecule has 0 amide bonds. The predicted octanol–water partition coefficient (Wildman–Crippen LogP) is 3.26. The van der Waals surface area contributed by atoms with E-state index in [0.29, 0.717) is 24.6 Å². The summed E-state index contributed by atoms with van der Waals surface area (Å²) in [6.07, 6.45) is -4.44. The van der Waals surface area contributed by atoms with Crippen LogP contribution in [0.25, 0.3) is 0 Å². The van der Waals surface area contributed by atoms with Gasteiger partial charge in [0.25, 0.3) is 0 Å². The van der Waals surface area contributed by atoms with E-state index < -0.39 is 32.5 Å². The van der Waals surface area contributed by atoms with E-state index in [1.165, 1.54) is 7.05 Å². The van der Waals surface area contributed by atoms with Crippen LogP contribution in [0.15, 0.2) is 23.1 Å². The van der Waals surface area contributed by atoms with Crippen molar-refractivity contribution in [3.8, 4) is 0 Å². The second-order valence-corrected chi connectivity index (χ2v) is 7.68. The largest absolute Gasteiger partial charge is 0.416 e. The van der Waals surface area contributed by atoms with Crippen molar-refractivity contribution in [1.29, 1.82) is 0 Å². The zero-order valence-corrected chi connectivity index (χ0v) is 15.1. The Balaban J connectivity index is 0.00000529. The van der Waals surface area contributed by atoms with E-state index in [9.17, 15) is 26.0 Å². The Morgan fingerprint density at radius 2 is 1.79 bits per heavy atom. The van der Waals surface area contributed by atoms with Crippen LogP contribution in [0.4, 0.5) is 17.6 Å². The SMILES string of the molecule is CC(C)C(N)CCN(C)S(=O)(=O)c1cc(C(F)(F)F)ccc1F.Cl. The molecule has 1 aromatic carbocycles. The fourth-order valence-electron chi connectivity index (χ4n) is 1.83. The molecule has 10 heteroatoms. The van der Waals surface area contributed by atoms with Gasteiger partial charge in [-0.2, -0.15) is 13.2 Å². The first-order valence-electron chi connectivity index (χ1n) is 6.96. The molecule has 0 heterocycles. The number of hydrogen-bond donors (Lipinski definition) is 1. The van der Waals surface area contributed by atoms with Crippen molar-refractivity contribution in [3.63, 3.8) is 0 Å². The minimum absolute atomic E-state index is 0. The van der Waals surface area contributed by atoms with Crippen LogP contribution in [0.2, 0.25) is 0 Å². The van der Waals surface area contributed by atoms with Gasteiger partial charge in [0.15, 0.2) is 0 Å². The number of rotatable bonds is 6. The van der Waals surface area contributed by atoms with Crippen molar-refractivity contribution in [3.05, 3.63) is 29.6 Å². The first kappa shape index (κ1) is 23.1. The van der Waals surface area contributed by atoms with Crippen molar-refractivity contribution in [2.45, 2.75) is 37.4 Å². The van der Waals surface area contributed by atoms with E-state index in [0.717, 1.165) is 4.31 Å². The third kappa shape index (κ3) is 5.58. The molecule has 1 rings (SSSR count). The molecule has 0 saturated carbocycles. The monoisotopic (exact) mass is 392 g/mol. The Labute approximate surface area is 145 Å². The fourth-order valence-corrected chi connectivity index (χ4v) is 3.10. The summed E-state index contributed by atoms with van der Waals surface area (Å²) in [7, 11) is -3.19. The molecule has 1 unspecified atom stereocenters. The fraction of sp³-hybridized carbons (Fsp3) is 0.571. The summed E-state index contributed by atoms with van der Waals surface area (Å²) in [6.45, 7) is 3.72. The lowest BCUT2D eigenvalue weighted by Crippen LogP contribution is -2.35. The van der Waals surface area contributed by atoms with Crippen LogP contribution in [0.1, 0.15) is 25.8 Å². The Bertz CT molecular complexity index is 651. The van der Waals surface area contributed by atoms with Gasteiger partial charge in [0, 0.05) is 19.6 Å². The molecule has 140 valence electrons. The lowest BCUT2D eigenvalue weighted by Gasteiger charge is -2.22. The number of alkyl halides is 3. The van der Waals surface area contributed by atoms with Crippen molar-refractivity contribution in [2.75, 3.05) is 13.6 Å². The van der Waals surface area contributed by atoms with Crippen LogP contribution in [-0.4, -0.2) is 32.4 Å². The zero-order chi connectivity index (χ0) is 18.0. The molecular weight excluding hydrogens is 372 g/mol. The van der Waals surface area contributed by atoms with E-state index >= 15 is 0 Å². The molecule has 4 nitrogen and oxygen atoms in total. The molecule has 0 spiro atoms. The first-order valence-corrected chi connectivity index (χ1v) is 8.40. The Morgan fingerprint density at radius 3 is 2.25 bits per heavy atom. The molecule has 0 radical (unpaired) electrons. The molecule has 0 bridgehead atoms. The van der Waals surface area contributed by atoms with Crippen LogP contribution in [0.5, 0.6) is 0 Å². The number of hydrogen-bond acceptors (Lipinski definition) is 3. The molecule has 0 aliphatic rings. The summed E-state index contributed by atoms with van der Waals surface area (Å²) in [4.78, 5) is -0.993. The van der Waals surface area contributed by atoms with Gasteiger partial charge in [0.05, 0.1) is 5.56 Å². The van der Waals surface area contributed by atoms with Gasteiger partial charge in [-0.3, -0.25) is 0 Å². The third-order valence-electron chi connectivity index (χ3n) is 3.58. The zero-order valence-electron chi connectivity index (χ0n) is 13.5. The van der Waals surface area contributed by atoms with Crippen molar-refractivity contribution in [1.82, 2.24) is 4.31 Å². The molecule has 2 N–H and O–H groups in total. The Hall–Kier alpha value is -0.900. The summed E-state index contributed by atoms with van der Waals surface area (Å²) in [6, 6.07) is 1.05. The molecule has 0 aliphatic carbocycles. The second-order valence-electron chi connectivity index (χ2n) is 5.67. The number of nitrogens with two attached hydrogens (primary N) is 1. The van der Waals surface area contributed by atoms with Crippen LogP contribution in [-0.2, 0) is 16.2 Å². The topological polar surface area (TPSA) is 63.4 Å². The molecular formula is C14H21ClF4N2O2S. The minimum atomic E-state index is -4.75. The highest BCUT2D eigenvalue weighted by Gasteiger charge is 2.34. The highest BCUT2D eigenvalue weighted by molar-refractivity contribution is 7.89. The highest BCUT2D eigenvalue weighted by Crippen LogP contribution is 2.32. The van der Waals surface area contributed by atoms with Gasteiger partial charge < -0.3 is 5.73 Å². The molecule has 1 aromatic rings. The third-order valence-corrected chi connectivity index (χ3v) is 5.45. The van der Waals surface area contributed by atoms with Gasteiger partial charge in [-0.25, -0.2) is 17.1 Å². The maximum atomic E-state index is 13.7. The van der Waals surface area contributed by atoms with E-state index in [1.54, 1.807) is 0 Å². The van der Waals surface area contributed by atoms with Gasteiger partial charge in [-0.05, 0) is 30.5 Å². The molecule has 24 heavy (non-hydrogen) atoms. The summed E-state index contributed by atoms with van der Waals surface area (Å²) in [5, 5.41) is 0. The summed E-state index contributed by atoms with van der Waals surface area (Å²) in [5.74, 6) is -1.10. The highest BCUT2D eigenvalue weighted by atomic mass is 35.5. The van der Waals surface area contributed by atoms with Crippen molar-refractivity contribution >= 4 is 22.4 Å². The second kappa shape index (κ2) is 8.46. The maximum absolute atomic E-state index is 13.7. The quantitative estimate of drug-likeness (QED) is 0.756. The summed E-state index contributed by atoms with van der Waals surface area (Å²) in [5.41, 5.74) is 4.60. The first-order chi connectivity index (χ1) is 10.4. The Morgan fingerprint density at radius 1 is 1.25 bits per heavy atom. The van der Waals surface area contributed by atoms with Gasteiger partial charge in [-0.1, -0.05) is 13.8 Å². The van der Waals surface area contributed by atoms with Crippen molar-refractivity contribution in [2.24, 2.45) is 11.7 Å².